The lowest BCUT2D eigenvalue weighted by atomic mass is 9.79. The van der Waals surface area contributed by atoms with E-state index < -0.39 is 0 Å². The van der Waals surface area contributed by atoms with Crippen LogP contribution in [0.3, 0.4) is 0 Å². The summed E-state index contributed by atoms with van der Waals surface area (Å²) in [6.07, 6.45) is 5.73. The molecule has 0 aromatic heterocycles. The van der Waals surface area contributed by atoms with E-state index in [9.17, 15) is 0 Å². The van der Waals surface area contributed by atoms with Gasteiger partial charge in [-0.25, -0.2) is 0 Å². The van der Waals surface area contributed by atoms with Crippen molar-refractivity contribution < 1.29 is 0 Å². The van der Waals surface area contributed by atoms with Crippen molar-refractivity contribution in [3.63, 3.8) is 0 Å². The minimum Gasteiger partial charge on any atom is -0.0654 e. The second-order valence-corrected chi connectivity index (χ2v) is 6.77. The molecule has 0 saturated heterocycles. The van der Waals surface area contributed by atoms with Crippen LogP contribution < -0.4 is 0 Å². The Labute approximate surface area is 103 Å². The van der Waals surface area contributed by atoms with E-state index >= 15 is 0 Å². The number of hydrogen-bond acceptors (Lipinski definition) is 0. The molecule has 0 amide bonds. The topological polar surface area (TPSA) is 0 Å². The van der Waals surface area contributed by atoms with Gasteiger partial charge in [-0.05, 0) is 48.3 Å². The van der Waals surface area contributed by atoms with Crippen LogP contribution in [-0.4, -0.2) is 0 Å². The maximum atomic E-state index is 2.50. The van der Waals surface area contributed by atoms with E-state index in [0.717, 1.165) is 35.5 Å². The molecule has 1 rings (SSSR count). The highest BCUT2D eigenvalue weighted by Crippen LogP contribution is 2.51. The fraction of sp³-hybridized carbons (Fsp3) is 1.00. The molecule has 1 aliphatic rings. The van der Waals surface area contributed by atoms with Crippen molar-refractivity contribution in [2.45, 2.75) is 67.2 Å². The maximum absolute atomic E-state index is 2.50. The van der Waals surface area contributed by atoms with E-state index in [0.29, 0.717) is 0 Å². The van der Waals surface area contributed by atoms with Gasteiger partial charge in [-0.15, -0.1) is 0 Å². The quantitative estimate of drug-likeness (QED) is 0.545. The third-order valence-corrected chi connectivity index (χ3v) is 4.90. The molecule has 0 heteroatoms. The van der Waals surface area contributed by atoms with Gasteiger partial charge < -0.3 is 0 Å². The number of rotatable bonds is 7. The molecule has 5 unspecified atom stereocenters. The molecule has 1 fully saturated rings. The molecule has 0 radical (unpaired) electrons. The van der Waals surface area contributed by atoms with E-state index in [1.54, 1.807) is 0 Å². The molecular formula is C16H32. The molecule has 16 heavy (non-hydrogen) atoms. The summed E-state index contributed by atoms with van der Waals surface area (Å²) in [7, 11) is 0. The predicted molar refractivity (Wildman–Crippen MR) is 73.5 cm³/mol. The summed E-state index contributed by atoms with van der Waals surface area (Å²) in [5.41, 5.74) is 0. The van der Waals surface area contributed by atoms with Crippen molar-refractivity contribution >= 4 is 0 Å². The van der Waals surface area contributed by atoms with Crippen LogP contribution in [0.1, 0.15) is 67.2 Å². The normalized spacial score (nSPS) is 30.2. The zero-order valence-electron chi connectivity index (χ0n) is 12.3. The lowest BCUT2D eigenvalue weighted by Gasteiger charge is -2.26. The first kappa shape index (κ1) is 14.1. The predicted octanol–water partition coefficient (Wildman–Crippen LogP) is 5.38. The molecule has 0 spiro atoms. The summed E-state index contributed by atoms with van der Waals surface area (Å²) in [5.74, 6) is 5.79. The average molecular weight is 224 g/mol. The smallest absolute Gasteiger partial charge is 0.0354 e. The third kappa shape index (κ3) is 3.79. The second-order valence-electron chi connectivity index (χ2n) is 6.77. The monoisotopic (exact) mass is 224 g/mol. The zero-order valence-corrected chi connectivity index (χ0v) is 12.3. The van der Waals surface area contributed by atoms with Gasteiger partial charge in [0.15, 0.2) is 0 Å². The summed E-state index contributed by atoms with van der Waals surface area (Å²) in [4.78, 5) is 0. The van der Waals surface area contributed by atoms with Crippen molar-refractivity contribution in [3.05, 3.63) is 0 Å². The van der Waals surface area contributed by atoms with Crippen LogP contribution in [-0.2, 0) is 0 Å². The van der Waals surface area contributed by atoms with Gasteiger partial charge in [0.05, 0.1) is 0 Å². The highest BCUT2D eigenvalue weighted by atomic mass is 14.5. The molecule has 0 heterocycles. The van der Waals surface area contributed by atoms with E-state index in [4.69, 9.17) is 0 Å². The highest BCUT2D eigenvalue weighted by Gasteiger charge is 2.43. The van der Waals surface area contributed by atoms with Crippen LogP contribution in [0.4, 0.5) is 0 Å². The molecule has 0 aromatic rings. The summed E-state index contributed by atoms with van der Waals surface area (Å²) in [6.45, 7) is 14.5. The van der Waals surface area contributed by atoms with Crippen LogP contribution in [0.2, 0.25) is 0 Å². The molecule has 1 saturated carbocycles. The fourth-order valence-electron chi connectivity index (χ4n) is 3.42. The van der Waals surface area contributed by atoms with Crippen molar-refractivity contribution in [2.24, 2.45) is 35.5 Å². The van der Waals surface area contributed by atoms with Gasteiger partial charge in [0.2, 0.25) is 0 Å². The second kappa shape index (κ2) is 6.07. The Morgan fingerprint density at radius 3 is 2.19 bits per heavy atom. The lowest BCUT2D eigenvalue weighted by molar-refractivity contribution is 0.231. The van der Waals surface area contributed by atoms with E-state index in [-0.39, 0.29) is 0 Å². The van der Waals surface area contributed by atoms with Crippen molar-refractivity contribution in [2.75, 3.05) is 0 Å². The average Bonchev–Trinajstić information content (AvgIpc) is 2.94. The summed E-state index contributed by atoms with van der Waals surface area (Å²) in [5, 5.41) is 0. The van der Waals surface area contributed by atoms with E-state index in [2.05, 4.69) is 41.5 Å². The fourth-order valence-corrected chi connectivity index (χ4v) is 3.42. The number of hydrogen-bond donors (Lipinski definition) is 0. The van der Waals surface area contributed by atoms with Gasteiger partial charge in [0.1, 0.15) is 0 Å². The molecule has 0 nitrogen and oxygen atoms in total. The SMILES string of the molecule is CCCC(C)C(C)C(C)C1CC1CC(C)C. The molecule has 0 bridgehead atoms. The molecule has 1 aliphatic carbocycles. The van der Waals surface area contributed by atoms with Crippen LogP contribution in [0, 0.1) is 35.5 Å². The minimum atomic E-state index is 0.894. The molecular weight excluding hydrogens is 192 g/mol. The lowest BCUT2D eigenvalue weighted by Crippen LogP contribution is -2.19. The molecule has 0 aliphatic heterocycles. The first-order valence-corrected chi connectivity index (χ1v) is 7.47. The van der Waals surface area contributed by atoms with Gasteiger partial charge in [0, 0.05) is 0 Å². The Hall–Kier alpha value is 0. The van der Waals surface area contributed by atoms with Crippen molar-refractivity contribution in [1.82, 2.24) is 0 Å². The molecule has 0 N–H and O–H groups in total. The summed E-state index contributed by atoms with van der Waals surface area (Å²) in [6, 6.07) is 0. The van der Waals surface area contributed by atoms with Crippen molar-refractivity contribution in [1.29, 1.82) is 0 Å². The molecule has 96 valence electrons. The van der Waals surface area contributed by atoms with Crippen LogP contribution in [0.5, 0.6) is 0 Å². The van der Waals surface area contributed by atoms with Gasteiger partial charge in [0.25, 0.3) is 0 Å². The van der Waals surface area contributed by atoms with Crippen LogP contribution in [0.25, 0.3) is 0 Å². The summed E-state index contributed by atoms with van der Waals surface area (Å²) < 4.78 is 0. The summed E-state index contributed by atoms with van der Waals surface area (Å²) >= 11 is 0. The first-order valence-electron chi connectivity index (χ1n) is 7.47. The maximum Gasteiger partial charge on any atom is -0.0354 e. The molecule has 0 aromatic carbocycles. The van der Waals surface area contributed by atoms with E-state index in [1.165, 1.54) is 25.7 Å². The van der Waals surface area contributed by atoms with Gasteiger partial charge in [-0.3, -0.25) is 0 Å². The Balaban J connectivity index is 2.33. The Morgan fingerprint density at radius 2 is 1.69 bits per heavy atom. The Kier molecular flexibility index (Phi) is 5.34. The van der Waals surface area contributed by atoms with Gasteiger partial charge in [-0.1, -0.05) is 54.4 Å². The van der Waals surface area contributed by atoms with Crippen LogP contribution in [0.15, 0.2) is 0 Å². The first-order chi connectivity index (χ1) is 7.47. The minimum absolute atomic E-state index is 0.894. The van der Waals surface area contributed by atoms with Gasteiger partial charge >= 0.3 is 0 Å². The van der Waals surface area contributed by atoms with E-state index in [1.807, 2.05) is 0 Å². The van der Waals surface area contributed by atoms with Crippen molar-refractivity contribution in [3.8, 4) is 0 Å². The Morgan fingerprint density at radius 1 is 1.06 bits per heavy atom. The third-order valence-electron chi connectivity index (χ3n) is 4.90. The Bertz CT molecular complexity index is 194. The molecule has 5 atom stereocenters. The largest absolute Gasteiger partial charge is 0.0654 e. The highest BCUT2D eigenvalue weighted by molar-refractivity contribution is 4.92. The van der Waals surface area contributed by atoms with Gasteiger partial charge in [-0.2, -0.15) is 0 Å². The standard InChI is InChI=1S/C16H32/c1-7-8-12(4)13(5)14(6)16-10-15(16)9-11(2)3/h11-16H,7-10H2,1-6H3. The zero-order chi connectivity index (χ0) is 12.3. The van der Waals surface area contributed by atoms with Crippen LogP contribution >= 0.6 is 0 Å².